The highest BCUT2D eigenvalue weighted by molar-refractivity contribution is 9.10. The SMILES string of the molecule is NC(=O)c1ccc(Br)cc1[SH](=O)=O. The van der Waals surface area contributed by atoms with Crippen molar-refractivity contribution in [1.29, 1.82) is 0 Å². The lowest BCUT2D eigenvalue weighted by Crippen LogP contribution is -2.13. The molecule has 1 rings (SSSR count). The summed E-state index contributed by atoms with van der Waals surface area (Å²) >= 11 is 3.09. The third kappa shape index (κ3) is 2.28. The lowest BCUT2D eigenvalue weighted by Gasteiger charge is -1.99. The van der Waals surface area contributed by atoms with Crippen LogP contribution in [0.2, 0.25) is 0 Å². The monoisotopic (exact) mass is 263 g/mol. The number of thiol groups is 1. The first-order chi connectivity index (χ1) is 6.02. The second-order valence-electron chi connectivity index (χ2n) is 2.28. The van der Waals surface area contributed by atoms with Gasteiger partial charge in [0.25, 0.3) is 0 Å². The number of amides is 1. The molecule has 0 heterocycles. The minimum absolute atomic E-state index is 0.0133. The lowest BCUT2D eigenvalue weighted by atomic mass is 10.2. The van der Waals surface area contributed by atoms with Crippen molar-refractivity contribution in [2.24, 2.45) is 5.73 Å². The van der Waals surface area contributed by atoms with Gasteiger partial charge in [0.2, 0.25) is 5.91 Å². The normalized spacial score (nSPS) is 10.3. The molecular weight excluding hydrogens is 258 g/mol. The number of primary amides is 1. The van der Waals surface area contributed by atoms with Crippen molar-refractivity contribution in [3.8, 4) is 0 Å². The molecule has 2 N–H and O–H groups in total. The number of rotatable bonds is 2. The number of nitrogens with two attached hydrogens (primary N) is 1. The highest BCUT2D eigenvalue weighted by atomic mass is 79.9. The Bertz CT molecular complexity index is 420. The predicted octanol–water partition coefficient (Wildman–Crippen LogP) is 0.518. The summed E-state index contributed by atoms with van der Waals surface area (Å²) in [5.74, 6) is -0.748. The molecule has 6 heteroatoms. The van der Waals surface area contributed by atoms with Crippen LogP contribution >= 0.6 is 15.9 Å². The van der Waals surface area contributed by atoms with Crippen molar-refractivity contribution in [1.82, 2.24) is 0 Å². The fourth-order valence-electron chi connectivity index (χ4n) is 0.864. The van der Waals surface area contributed by atoms with Gasteiger partial charge in [0.15, 0.2) is 10.7 Å². The van der Waals surface area contributed by atoms with Crippen LogP contribution in [-0.2, 0) is 10.7 Å². The third-order valence-corrected chi connectivity index (χ3v) is 2.68. The van der Waals surface area contributed by atoms with Gasteiger partial charge in [-0.15, -0.1) is 0 Å². The van der Waals surface area contributed by atoms with Gasteiger partial charge in [0, 0.05) is 4.47 Å². The number of hydrogen-bond acceptors (Lipinski definition) is 3. The minimum Gasteiger partial charge on any atom is -0.366 e. The molecule has 0 unspecified atom stereocenters. The minimum atomic E-state index is -2.80. The van der Waals surface area contributed by atoms with Crippen LogP contribution in [0.25, 0.3) is 0 Å². The maximum atomic E-state index is 10.8. The van der Waals surface area contributed by atoms with Crippen LogP contribution in [-0.4, -0.2) is 14.3 Å². The molecule has 13 heavy (non-hydrogen) atoms. The van der Waals surface area contributed by atoms with Crippen molar-refractivity contribution in [3.63, 3.8) is 0 Å². The molecule has 0 atom stereocenters. The van der Waals surface area contributed by atoms with E-state index >= 15 is 0 Å². The summed E-state index contributed by atoms with van der Waals surface area (Å²) in [5.41, 5.74) is 4.99. The second kappa shape index (κ2) is 3.89. The molecule has 1 amide bonds. The van der Waals surface area contributed by atoms with E-state index in [0.717, 1.165) is 0 Å². The molecule has 70 valence electrons. The van der Waals surface area contributed by atoms with E-state index in [2.05, 4.69) is 15.9 Å². The Morgan fingerprint density at radius 3 is 2.46 bits per heavy atom. The molecule has 4 nitrogen and oxygen atoms in total. The largest absolute Gasteiger partial charge is 0.366 e. The quantitative estimate of drug-likeness (QED) is 0.764. The van der Waals surface area contributed by atoms with Crippen LogP contribution in [0.3, 0.4) is 0 Å². The highest BCUT2D eigenvalue weighted by Crippen LogP contribution is 2.17. The van der Waals surface area contributed by atoms with E-state index in [4.69, 9.17) is 5.73 Å². The zero-order valence-electron chi connectivity index (χ0n) is 6.36. The number of carbonyl (C=O) groups is 1. The molecule has 0 aromatic heterocycles. The molecule has 0 saturated carbocycles. The Labute approximate surface area is 84.8 Å². The molecule has 1 aromatic carbocycles. The molecule has 0 aliphatic heterocycles. The molecule has 0 radical (unpaired) electrons. The topological polar surface area (TPSA) is 77.2 Å². The van der Waals surface area contributed by atoms with Gasteiger partial charge in [-0.3, -0.25) is 4.79 Å². The molecule has 0 aliphatic carbocycles. The van der Waals surface area contributed by atoms with Gasteiger partial charge in [0.05, 0.1) is 10.5 Å². The maximum Gasteiger partial charge on any atom is 0.250 e. The first-order valence-corrected chi connectivity index (χ1v) is 5.23. The van der Waals surface area contributed by atoms with Crippen LogP contribution in [0.15, 0.2) is 27.6 Å². The first kappa shape index (κ1) is 10.2. The van der Waals surface area contributed by atoms with Crippen LogP contribution in [0.1, 0.15) is 10.4 Å². The number of benzene rings is 1. The van der Waals surface area contributed by atoms with Gasteiger partial charge >= 0.3 is 0 Å². The standard InChI is InChI=1S/C7H6BrNO3S/c8-4-1-2-5(7(9)10)6(3-4)13(11)12/h1-3,13H,(H2,9,10). The summed E-state index contributed by atoms with van der Waals surface area (Å²) in [6.07, 6.45) is 0. The van der Waals surface area contributed by atoms with Crippen molar-refractivity contribution in [2.45, 2.75) is 4.90 Å². The van der Waals surface area contributed by atoms with E-state index < -0.39 is 16.6 Å². The summed E-state index contributed by atoms with van der Waals surface area (Å²) in [4.78, 5) is 10.7. The molecular formula is C7H6BrNO3S. The Balaban J connectivity index is 3.44. The molecule has 0 bridgehead atoms. The second-order valence-corrected chi connectivity index (χ2v) is 4.19. The molecule has 1 aromatic rings. The highest BCUT2D eigenvalue weighted by Gasteiger charge is 2.09. The van der Waals surface area contributed by atoms with Gasteiger partial charge in [-0.2, -0.15) is 0 Å². The first-order valence-electron chi connectivity index (χ1n) is 3.26. The fourth-order valence-corrected chi connectivity index (χ4v) is 2.03. The van der Waals surface area contributed by atoms with Crippen LogP contribution in [0, 0.1) is 0 Å². The van der Waals surface area contributed by atoms with Gasteiger partial charge in [0.1, 0.15) is 0 Å². The van der Waals surface area contributed by atoms with E-state index in [1.165, 1.54) is 12.1 Å². The number of carbonyl (C=O) groups excluding carboxylic acids is 1. The molecule has 0 saturated heterocycles. The van der Waals surface area contributed by atoms with E-state index in [1.54, 1.807) is 6.07 Å². The van der Waals surface area contributed by atoms with Crippen LogP contribution in [0.5, 0.6) is 0 Å². The Kier molecular flexibility index (Phi) is 3.05. The Morgan fingerprint density at radius 1 is 1.38 bits per heavy atom. The van der Waals surface area contributed by atoms with Crippen LogP contribution < -0.4 is 5.73 Å². The molecule has 0 spiro atoms. The van der Waals surface area contributed by atoms with Crippen molar-refractivity contribution >= 4 is 32.5 Å². The van der Waals surface area contributed by atoms with Crippen LogP contribution in [0.4, 0.5) is 0 Å². The lowest BCUT2D eigenvalue weighted by molar-refractivity contribution is 0.0997. The average Bonchev–Trinajstić information content (AvgIpc) is 2.03. The van der Waals surface area contributed by atoms with Gasteiger partial charge in [-0.25, -0.2) is 8.42 Å². The zero-order valence-corrected chi connectivity index (χ0v) is 8.84. The molecule has 0 fully saturated rings. The van der Waals surface area contributed by atoms with E-state index in [1.807, 2.05) is 0 Å². The summed E-state index contributed by atoms with van der Waals surface area (Å²) < 4.78 is 22.0. The summed E-state index contributed by atoms with van der Waals surface area (Å²) in [5, 5.41) is 0. The Morgan fingerprint density at radius 2 is 2.00 bits per heavy atom. The summed E-state index contributed by atoms with van der Waals surface area (Å²) in [7, 11) is -2.80. The third-order valence-electron chi connectivity index (χ3n) is 1.42. The van der Waals surface area contributed by atoms with Gasteiger partial charge < -0.3 is 5.73 Å². The van der Waals surface area contributed by atoms with Crippen molar-refractivity contribution < 1.29 is 13.2 Å². The summed E-state index contributed by atoms with van der Waals surface area (Å²) in [6, 6.07) is 4.26. The van der Waals surface area contributed by atoms with Crippen molar-refractivity contribution in [2.75, 3.05) is 0 Å². The number of hydrogen-bond donors (Lipinski definition) is 2. The average molecular weight is 264 g/mol. The van der Waals surface area contributed by atoms with E-state index in [-0.39, 0.29) is 10.5 Å². The predicted molar refractivity (Wildman–Crippen MR) is 51.2 cm³/mol. The molecule has 0 aliphatic rings. The van der Waals surface area contributed by atoms with E-state index in [9.17, 15) is 13.2 Å². The number of halogens is 1. The van der Waals surface area contributed by atoms with Gasteiger partial charge in [-0.05, 0) is 18.2 Å². The maximum absolute atomic E-state index is 10.8. The Hall–Kier alpha value is -0.880. The zero-order chi connectivity index (χ0) is 10.0. The fraction of sp³-hybridized carbons (Fsp3) is 0. The van der Waals surface area contributed by atoms with Gasteiger partial charge in [-0.1, -0.05) is 15.9 Å². The smallest absolute Gasteiger partial charge is 0.250 e. The van der Waals surface area contributed by atoms with Crippen molar-refractivity contribution in [3.05, 3.63) is 28.2 Å². The summed E-state index contributed by atoms with van der Waals surface area (Å²) in [6.45, 7) is 0. The van der Waals surface area contributed by atoms with E-state index in [0.29, 0.717) is 4.47 Å².